The highest BCUT2D eigenvalue weighted by Gasteiger charge is 2.20. The molecule has 2 aromatic heterocycles. The summed E-state index contributed by atoms with van der Waals surface area (Å²) in [7, 11) is -3.85. The molecule has 7 nitrogen and oxygen atoms in total. The van der Waals surface area contributed by atoms with Gasteiger partial charge in [-0.25, -0.2) is 8.42 Å². The Hall–Kier alpha value is -2.21. The van der Waals surface area contributed by atoms with E-state index in [-0.39, 0.29) is 22.2 Å². The first kappa shape index (κ1) is 15.7. The summed E-state index contributed by atoms with van der Waals surface area (Å²) in [6, 6.07) is 4.96. The number of benzene rings is 1. The molecule has 0 saturated heterocycles. The minimum Gasteiger partial charge on any atom is -0.360 e. The maximum Gasteiger partial charge on any atom is 0.264 e. The number of hydrogen-bond donors (Lipinski definition) is 2. The van der Waals surface area contributed by atoms with E-state index in [0.717, 1.165) is 0 Å². The Morgan fingerprint density at radius 1 is 1.35 bits per heavy atom. The predicted octanol–water partition coefficient (Wildman–Crippen LogP) is 3.00. The molecule has 0 atom stereocenters. The molecule has 0 saturated carbocycles. The molecule has 23 heavy (non-hydrogen) atoms. The third-order valence-corrected chi connectivity index (χ3v) is 5.24. The fourth-order valence-corrected chi connectivity index (χ4v) is 3.62. The molecule has 0 spiro atoms. The molecule has 0 unspecified atom stereocenters. The normalized spacial score (nSPS) is 11.5. The van der Waals surface area contributed by atoms with Crippen LogP contribution in [0, 0.1) is 11.3 Å². The van der Waals surface area contributed by atoms with Crippen LogP contribution in [-0.2, 0) is 16.6 Å². The van der Waals surface area contributed by atoms with E-state index < -0.39 is 10.0 Å². The first-order chi connectivity index (χ1) is 10.9. The molecule has 3 aromatic rings. The van der Waals surface area contributed by atoms with Crippen LogP contribution >= 0.6 is 23.2 Å². The van der Waals surface area contributed by atoms with Crippen LogP contribution in [0.15, 0.2) is 35.6 Å². The summed E-state index contributed by atoms with van der Waals surface area (Å²) in [6.07, 6.45) is 4.12. The van der Waals surface area contributed by atoms with Gasteiger partial charge in [0.1, 0.15) is 11.4 Å². The van der Waals surface area contributed by atoms with Crippen molar-refractivity contribution in [2.45, 2.75) is 11.4 Å². The topological polar surface area (TPSA) is 104 Å². The van der Waals surface area contributed by atoms with Crippen molar-refractivity contribution < 1.29 is 8.42 Å². The quantitative estimate of drug-likeness (QED) is 0.737. The summed E-state index contributed by atoms with van der Waals surface area (Å²) in [6.45, 7) is 0.0307. The zero-order valence-corrected chi connectivity index (χ0v) is 13.7. The van der Waals surface area contributed by atoms with Gasteiger partial charge in [0.15, 0.2) is 0 Å². The van der Waals surface area contributed by atoms with Crippen molar-refractivity contribution in [3.8, 4) is 6.07 Å². The SMILES string of the molecule is N#CCn1cc(NS(=O)(=O)c2c[nH]c3cc(Cl)c(Cl)cc23)cn1. The van der Waals surface area contributed by atoms with Crippen LogP contribution in [0.5, 0.6) is 0 Å². The van der Waals surface area contributed by atoms with Crippen LogP contribution < -0.4 is 4.72 Å². The van der Waals surface area contributed by atoms with Gasteiger partial charge in [0.05, 0.1) is 34.2 Å². The first-order valence-corrected chi connectivity index (χ1v) is 8.53. The van der Waals surface area contributed by atoms with Crippen molar-refractivity contribution in [2.75, 3.05) is 4.72 Å². The van der Waals surface area contributed by atoms with Gasteiger partial charge in [-0.1, -0.05) is 23.2 Å². The minimum absolute atomic E-state index is 0.0307. The largest absolute Gasteiger partial charge is 0.360 e. The Balaban J connectivity index is 1.99. The van der Waals surface area contributed by atoms with E-state index >= 15 is 0 Å². The Labute approximate surface area is 141 Å². The van der Waals surface area contributed by atoms with Gasteiger partial charge in [-0.15, -0.1) is 0 Å². The molecule has 0 aliphatic heterocycles. The standard InChI is InChI=1S/C13H9Cl2N5O2S/c14-10-3-9-12(4-11(10)15)17-6-13(9)23(21,22)19-8-5-18-20(7-8)2-1-16/h3-7,17,19H,2H2. The molecule has 2 N–H and O–H groups in total. The number of anilines is 1. The van der Waals surface area contributed by atoms with Crippen molar-refractivity contribution in [1.82, 2.24) is 14.8 Å². The highest BCUT2D eigenvalue weighted by Crippen LogP contribution is 2.31. The summed E-state index contributed by atoms with van der Waals surface area (Å²) < 4.78 is 28.8. The fourth-order valence-electron chi connectivity index (χ4n) is 2.10. The van der Waals surface area contributed by atoms with Crippen molar-refractivity contribution in [3.63, 3.8) is 0 Å². The van der Waals surface area contributed by atoms with Crippen LogP contribution in [0.1, 0.15) is 0 Å². The maximum absolute atomic E-state index is 12.5. The van der Waals surface area contributed by atoms with E-state index in [1.807, 2.05) is 6.07 Å². The van der Waals surface area contributed by atoms with E-state index in [9.17, 15) is 8.42 Å². The van der Waals surface area contributed by atoms with E-state index in [0.29, 0.717) is 15.9 Å². The molecule has 0 bridgehead atoms. The smallest absolute Gasteiger partial charge is 0.264 e. The highest BCUT2D eigenvalue weighted by atomic mass is 35.5. The molecule has 1 aromatic carbocycles. The van der Waals surface area contributed by atoms with Crippen LogP contribution in [0.2, 0.25) is 10.0 Å². The van der Waals surface area contributed by atoms with Crippen molar-refractivity contribution in [3.05, 3.63) is 40.8 Å². The van der Waals surface area contributed by atoms with Gasteiger partial charge >= 0.3 is 0 Å². The van der Waals surface area contributed by atoms with Crippen molar-refractivity contribution in [2.24, 2.45) is 0 Å². The second-order valence-electron chi connectivity index (χ2n) is 4.66. The number of sulfonamides is 1. The Morgan fingerprint density at radius 3 is 2.83 bits per heavy atom. The number of rotatable bonds is 4. The Bertz CT molecular complexity index is 1030. The number of nitriles is 1. The first-order valence-electron chi connectivity index (χ1n) is 6.29. The maximum atomic E-state index is 12.5. The van der Waals surface area contributed by atoms with Crippen LogP contribution in [-0.4, -0.2) is 23.2 Å². The lowest BCUT2D eigenvalue weighted by atomic mass is 10.2. The van der Waals surface area contributed by atoms with E-state index in [1.54, 1.807) is 6.07 Å². The molecule has 118 valence electrons. The van der Waals surface area contributed by atoms with Crippen molar-refractivity contribution in [1.29, 1.82) is 5.26 Å². The number of aromatic nitrogens is 3. The van der Waals surface area contributed by atoms with Gasteiger partial charge in [0.2, 0.25) is 0 Å². The van der Waals surface area contributed by atoms with Gasteiger partial charge in [-0.3, -0.25) is 9.40 Å². The molecule has 10 heteroatoms. The van der Waals surface area contributed by atoms with Crippen molar-refractivity contribution >= 4 is 49.8 Å². The van der Waals surface area contributed by atoms with Gasteiger partial charge < -0.3 is 4.98 Å². The third kappa shape index (κ3) is 2.99. The monoisotopic (exact) mass is 369 g/mol. The zero-order chi connectivity index (χ0) is 16.6. The lowest BCUT2D eigenvalue weighted by molar-refractivity contribution is 0.602. The molecule has 3 rings (SSSR count). The molecule has 0 aliphatic carbocycles. The number of halogens is 2. The molecule has 2 heterocycles. The van der Waals surface area contributed by atoms with Gasteiger partial charge in [-0.2, -0.15) is 10.4 Å². The molecule has 0 amide bonds. The van der Waals surface area contributed by atoms with Crippen LogP contribution in [0.3, 0.4) is 0 Å². The molecule has 0 fully saturated rings. The molecule has 0 radical (unpaired) electrons. The van der Waals surface area contributed by atoms with E-state index in [4.69, 9.17) is 28.5 Å². The number of H-pyrrole nitrogens is 1. The van der Waals surface area contributed by atoms with Gasteiger partial charge in [0.25, 0.3) is 10.0 Å². The number of fused-ring (bicyclic) bond motifs is 1. The number of nitrogens with zero attached hydrogens (tertiary/aromatic N) is 3. The molecule has 0 aliphatic rings. The second-order valence-corrected chi connectivity index (χ2v) is 7.12. The van der Waals surface area contributed by atoms with Gasteiger partial charge in [0, 0.05) is 17.1 Å². The lowest BCUT2D eigenvalue weighted by Gasteiger charge is -2.05. The molecular weight excluding hydrogens is 361 g/mol. The number of aromatic amines is 1. The van der Waals surface area contributed by atoms with E-state index in [1.165, 1.54) is 29.3 Å². The van der Waals surface area contributed by atoms with E-state index in [2.05, 4.69) is 14.8 Å². The third-order valence-electron chi connectivity index (χ3n) is 3.09. The predicted molar refractivity (Wildman–Crippen MR) is 87.0 cm³/mol. The summed E-state index contributed by atoms with van der Waals surface area (Å²) in [5.74, 6) is 0. The second kappa shape index (κ2) is 5.77. The zero-order valence-electron chi connectivity index (χ0n) is 11.4. The minimum atomic E-state index is -3.85. The molecular formula is C13H9Cl2N5O2S. The number of hydrogen-bond acceptors (Lipinski definition) is 4. The average molecular weight is 370 g/mol. The summed E-state index contributed by atoms with van der Waals surface area (Å²) in [5.41, 5.74) is 0.814. The van der Waals surface area contributed by atoms with Crippen LogP contribution in [0.4, 0.5) is 5.69 Å². The average Bonchev–Trinajstić information content (AvgIpc) is 3.07. The number of nitrogens with one attached hydrogen (secondary N) is 2. The van der Waals surface area contributed by atoms with Gasteiger partial charge in [-0.05, 0) is 12.1 Å². The Morgan fingerprint density at radius 2 is 2.09 bits per heavy atom. The summed E-state index contributed by atoms with van der Waals surface area (Å²) in [5, 5.41) is 13.5. The Kier molecular flexibility index (Phi) is 3.93. The fraction of sp³-hybridized carbons (Fsp3) is 0.0769. The lowest BCUT2D eigenvalue weighted by Crippen LogP contribution is -2.12. The van der Waals surface area contributed by atoms with Crippen LogP contribution in [0.25, 0.3) is 10.9 Å². The highest BCUT2D eigenvalue weighted by molar-refractivity contribution is 7.93. The summed E-state index contributed by atoms with van der Waals surface area (Å²) in [4.78, 5) is 2.89. The summed E-state index contributed by atoms with van der Waals surface area (Å²) >= 11 is 11.9.